The molecule has 2 aromatic rings. The summed E-state index contributed by atoms with van der Waals surface area (Å²) in [5.74, 6) is -0.476. The zero-order chi connectivity index (χ0) is 18.9. The van der Waals surface area contributed by atoms with E-state index in [1.807, 2.05) is 0 Å². The predicted molar refractivity (Wildman–Crippen MR) is 99.4 cm³/mol. The maximum atomic E-state index is 12.7. The van der Waals surface area contributed by atoms with Gasteiger partial charge >= 0.3 is 0 Å². The first-order valence-electron chi connectivity index (χ1n) is 7.75. The molecule has 2 amide bonds. The van der Waals surface area contributed by atoms with Crippen LogP contribution in [0, 0.1) is 0 Å². The summed E-state index contributed by atoms with van der Waals surface area (Å²) in [5, 5.41) is 7.80. The smallest absolute Gasteiger partial charge is 0.254 e. The SMILES string of the molecule is C=CC(=O)Nc1ccc(C(=O)N2CCc3sc(S(N)(=O)=O)cc3C2)cc1. The minimum absolute atomic E-state index is 0.124. The highest BCUT2D eigenvalue weighted by Crippen LogP contribution is 2.31. The number of benzene rings is 1. The Bertz CT molecular complexity index is 978. The number of anilines is 1. The van der Waals surface area contributed by atoms with Crippen LogP contribution >= 0.6 is 11.3 Å². The number of rotatable bonds is 4. The van der Waals surface area contributed by atoms with Gasteiger partial charge in [0.05, 0.1) is 0 Å². The summed E-state index contributed by atoms with van der Waals surface area (Å²) >= 11 is 1.16. The second kappa shape index (κ2) is 7.02. The lowest BCUT2D eigenvalue weighted by molar-refractivity contribution is -0.111. The number of hydrogen-bond acceptors (Lipinski definition) is 5. The average Bonchev–Trinajstić information content (AvgIpc) is 3.05. The third-order valence-electron chi connectivity index (χ3n) is 4.00. The summed E-state index contributed by atoms with van der Waals surface area (Å²) in [5.41, 5.74) is 1.88. The molecule has 0 saturated heterocycles. The molecule has 0 spiro atoms. The number of nitrogens with two attached hydrogens (primary N) is 1. The van der Waals surface area contributed by atoms with Crippen molar-refractivity contribution in [1.29, 1.82) is 0 Å². The van der Waals surface area contributed by atoms with E-state index in [1.54, 1.807) is 35.2 Å². The van der Waals surface area contributed by atoms with Crippen molar-refractivity contribution in [3.8, 4) is 0 Å². The van der Waals surface area contributed by atoms with Gasteiger partial charge in [-0.3, -0.25) is 9.59 Å². The van der Waals surface area contributed by atoms with Gasteiger partial charge in [0.15, 0.2) is 0 Å². The number of nitrogens with one attached hydrogen (secondary N) is 1. The molecule has 7 nitrogen and oxygen atoms in total. The van der Waals surface area contributed by atoms with Crippen LogP contribution in [-0.4, -0.2) is 31.7 Å². The van der Waals surface area contributed by atoms with E-state index in [9.17, 15) is 18.0 Å². The van der Waals surface area contributed by atoms with Crippen molar-refractivity contribution < 1.29 is 18.0 Å². The summed E-state index contributed by atoms with van der Waals surface area (Å²) in [4.78, 5) is 26.6. The fourth-order valence-electron chi connectivity index (χ4n) is 2.69. The molecule has 1 aromatic heterocycles. The maximum absolute atomic E-state index is 12.7. The van der Waals surface area contributed by atoms with E-state index < -0.39 is 10.0 Å². The largest absolute Gasteiger partial charge is 0.334 e. The summed E-state index contributed by atoms with van der Waals surface area (Å²) in [6, 6.07) is 8.12. The van der Waals surface area contributed by atoms with E-state index in [0.717, 1.165) is 21.8 Å². The molecule has 1 aliphatic rings. The monoisotopic (exact) mass is 391 g/mol. The Labute approximate surface area is 155 Å². The first-order chi connectivity index (χ1) is 12.3. The van der Waals surface area contributed by atoms with Crippen molar-refractivity contribution in [3.05, 3.63) is 59.0 Å². The summed E-state index contributed by atoms with van der Waals surface area (Å²) in [6.45, 7) is 4.23. The molecule has 3 rings (SSSR count). The van der Waals surface area contributed by atoms with E-state index >= 15 is 0 Å². The molecule has 0 unspecified atom stereocenters. The number of hydrogen-bond donors (Lipinski definition) is 2. The second-order valence-electron chi connectivity index (χ2n) is 5.81. The molecule has 0 radical (unpaired) electrons. The Hall–Kier alpha value is -2.49. The van der Waals surface area contributed by atoms with Gasteiger partial charge in [-0.15, -0.1) is 11.3 Å². The van der Waals surface area contributed by atoms with Crippen molar-refractivity contribution in [2.75, 3.05) is 11.9 Å². The molecule has 0 atom stereocenters. The van der Waals surface area contributed by atoms with E-state index in [4.69, 9.17) is 5.14 Å². The van der Waals surface area contributed by atoms with Crippen molar-refractivity contribution in [2.24, 2.45) is 5.14 Å². The van der Waals surface area contributed by atoms with Crippen LogP contribution in [-0.2, 0) is 27.8 Å². The summed E-state index contributed by atoms with van der Waals surface area (Å²) in [6.07, 6.45) is 1.76. The fraction of sp³-hybridized carbons (Fsp3) is 0.176. The number of carbonyl (C=O) groups is 2. The molecule has 0 bridgehead atoms. The van der Waals surface area contributed by atoms with Gasteiger partial charge in [0.25, 0.3) is 5.91 Å². The Morgan fingerprint density at radius 2 is 1.96 bits per heavy atom. The number of carbonyl (C=O) groups excluding carboxylic acids is 2. The van der Waals surface area contributed by atoms with Crippen LogP contribution in [0.2, 0.25) is 0 Å². The van der Waals surface area contributed by atoms with Crippen molar-refractivity contribution in [3.63, 3.8) is 0 Å². The van der Waals surface area contributed by atoms with Gasteiger partial charge in [-0.05, 0) is 48.4 Å². The standard InChI is InChI=1S/C17H17N3O4S2/c1-2-15(21)19-13-5-3-11(4-6-13)17(22)20-8-7-14-12(10-20)9-16(25-14)26(18,23)24/h2-6,9H,1,7-8,10H2,(H,19,21)(H2,18,23,24). The van der Waals surface area contributed by atoms with Crippen LogP contribution < -0.4 is 10.5 Å². The molecular formula is C17H17N3O4S2. The minimum Gasteiger partial charge on any atom is -0.334 e. The van der Waals surface area contributed by atoms with Crippen molar-refractivity contribution >= 4 is 38.9 Å². The first kappa shape index (κ1) is 18.3. The average molecular weight is 391 g/mol. The van der Waals surface area contributed by atoms with E-state index in [2.05, 4.69) is 11.9 Å². The number of nitrogens with zero attached hydrogens (tertiary/aromatic N) is 1. The third-order valence-corrected chi connectivity index (χ3v) is 6.65. The van der Waals surface area contributed by atoms with Gasteiger partial charge in [0.2, 0.25) is 15.9 Å². The topological polar surface area (TPSA) is 110 Å². The normalized spacial score (nSPS) is 13.8. The van der Waals surface area contributed by atoms with E-state index in [0.29, 0.717) is 30.8 Å². The van der Waals surface area contributed by atoms with Crippen LogP contribution in [0.4, 0.5) is 5.69 Å². The zero-order valence-corrected chi connectivity index (χ0v) is 15.4. The Balaban J connectivity index is 1.74. The lowest BCUT2D eigenvalue weighted by atomic mass is 10.1. The number of thiophene rings is 1. The fourth-order valence-corrected chi connectivity index (χ4v) is 4.66. The number of primary sulfonamides is 1. The Morgan fingerprint density at radius 3 is 2.58 bits per heavy atom. The molecule has 9 heteroatoms. The minimum atomic E-state index is -3.73. The van der Waals surface area contributed by atoms with Crippen LogP contribution in [0.25, 0.3) is 0 Å². The molecule has 1 aromatic carbocycles. The van der Waals surface area contributed by atoms with Crippen LogP contribution in [0.5, 0.6) is 0 Å². The van der Waals surface area contributed by atoms with Gasteiger partial charge in [-0.1, -0.05) is 6.58 Å². The highest BCUT2D eigenvalue weighted by molar-refractivity contribution is 7.91. The molecule has 3 N–H and O–H groups in total. The summed E-state index contributed by atoms with van der Waals surface area (Å²) in [7, 11) is -3.73. The number of fused-ring (bicyclic) bond motifs is 1. The first-order valence-corrected chi connectivity index (χ1v) is 10.1. The van der Waals surface area contributed by atoms with Gasteiger partial charge < -0.3 is 10.2 Å². The molecule has 0 aliphatic carbocycles. The van der Waals surface area contributed by atoms with Crippen LogP contribution in [0.1, 0.15) is 20.8 Å². The molecule has 136 valence electrons. The zero-order valence-electron chi connectivity index (χ0n) is 13.8. The molecule has 2 heterocycles. The van der Waals surface area contributed by atoms with Gasteiger partial charge in [-0.2, -0.15) is 0 Å². The molecule has 0 fully saturated rings. The highest BCUT2D eigenvalue weighted by Gasteiger charge is 2.25. The lowest BCUT2D eigenvalue weighted by Gasteiger charge is -2.27. The van der Waals surface area contributed by atoms with Crippen molar-refractivity contribution in [2.45, 2.75) is 17.2 Å². The van der Waals surface area contributed by atoms with Crippen LogP contribution in [0.3, 0.4) is 0 Å². The van der Waals surface area contributed by atoms with E-state index in [1.165, 1.54) is 6.08 Å². The molecule has 1 aliphatic heterocycles. The third kappa shape index (κ3) is 3.85. The predicted octanol–water partition coefficient (Wildman–Crippen LogP) is 1.72. The highest BCUT2D eigenvalue weighted by atomic mass is 32.2. The Morgan fingerprint density at radius 1 is 1.27 bits per heavy atom. The maximum Gasteiger partial charge on any atom is 0.254 e. The van der Waals surface area contributed by atoms with Crippen molar-refractivity contribution in [1.82, 2.24) is 4.90 Å². The number of sulfonamides is 1. The number of amides is 2. The summed E-state index contributed by atoms with van der Waals surface area (Å²) < 4.78 is 23.1. The lowest BCUT2D eigenvalue weighted by Crippen LogP contribution is -2.35. The quantitative estimate of drug-likeness (QED) is 0.773. The Kier molecular flexibility index (Phi) is 4.94. The molecule has 26 heavy (non-hydrogen) atoms. The van der Waals surface area contributed by atoms with Gasteiger partial charge in [0, 0.05) is 29.2 Å². The van der Waals surface area contributed by atoms with Gasteiger partial charge in [-0.25, -0.2) is 13.6 Å². The molecular weight excluding hydrogens is 374 g/mol. The van der Waals surface area contributed by atoms with E-state index in [-0.39, 0.29) is 16.0 Å². The van der Waals surface area contributed by atoms with Crippen LogP contribution in [0.15, 0.2) is 47.2 Å². The van der Waals surface area contributed by atoms with Gasteiger partial charge in [0.1, 0.15) is 4.21 Å². The molecule has 0 saturated carbocycles. The second-order valence-corrected chi connectivity index (χ2v) is 8.73.